The Kier molecular flexibility index (Phi) is 4.35. The molecule has 1 aromatic heterocycles. The quantitative estimate of drug-likeness (QED) is 0.592. The average Bonchev–Trinajstić information content (AvgIpc) is 2.84. The predicted molar refractivity (Wildman–Crippen MR) is 76.5 cm³/mol. The van der Waals surface area contributed by atoms with Crippen molar-refractivity contribution in [1.82, 2.24) is 4.98 Å². The first-order valence-corrected chi connectivity index (χ1v) is 6.57. The molecule has 0 aliphatic carbocycles. The number of carbonyl (C=O) groups is 1. The number of unbranched alkanes of at least 4 members (excludes halogenated alkanes) is 2. The standard InChI is InChI=1S/C16H19NO/c1-2-3-4-5-15(18)8-6-13-7-9-16-14(12-13)10-11-17-16/h6-12,17H,2-5H2,1H3. The molecule has 1 heterocycles. The van der Waals surface area contributed by atoms with Crippen LogP contribution in [0, 0.1) is 0 Å². The van der Waals surface area contributed by atoms with Crippen molar-refractivity contribution in [2.45, 2.75) is 32.6 Å². The first-order valence-electron chi connectivity index (χ1n) is 6.57. The molecule has 2 rings (SSSR count). The van der Waals surface area contributed by atoms with Crippen molar-refractivity contribution >= 4 is 22.8 Å². The maximum Gasteiger partial charge on any atom is 0.155 e. The molecular weight excluding hydrogens is 222 g/mol. The summed E-state index contributed by atoms with van der Waals surface area (Å²) in [5.41, 5.74) is 2.20. The van der Waals surface area contributed by atoms with E-state index >= 15 is 0 Å². The van der Waals surface area contributed by atoms with E-state index in [1.807, 2.05) is 30.5 Å². The van der Waals surface area contributed by atoms with Gasteiger partial charge < -0.3 is 4.98 Å². The average molecular weight is 241 g/mol. The van der Waals surface area contributed by atoms with Crippen LogP contribution >= 0.6 is 0 Å². The van der Waals surface area contributed by atoms with Gasteiger partial charge in [-0.2, -0.15) is 0 Å². The van der Waals surface area contributed by atoms with Crippen LogP contribution in [0.1, 0.15) is 38.2 Å². The van der Waals surface area contributed by atoms with Crippen LogP contribution in [0.3, 0.4) is 0 Å². The van der Waals surface area contributed by atoms with E-state index in [2.05, 4.69) is 18.0 Å². The highest BCUT2D eigenvalue weighted by atomic mass is 16.1. The second-order valence-corrected chi connectivity index (χ2v) is 4.58. The van der Waals surface area contributed by atoms with Gasteiger partial charge in [-0.3, -0.25) is 4.79 Å². The van der Waals surface area contributed by atoms with Crippen molar-refractivity contribution in [3.63, 3.8) is 0 Å². The summed E-state index contributed by atoms with van der Waals surface area (Å²) < 4.78 is 0. The molecule has 94 valence electrons. The summed E-state index contributed by atoms with van der Waals surface area (Å²) in [6, 6.07) is 8.18. The van der Waals surface area contributed by atoms with Crippen LogP contribution in [0.4, 0.5) is 0 Å². The zero-order chi connectivity index (χ0) is 12.8. The van der Waals surface area contributed by atoms with Gasteiger partial charge in [0.2, 0.25) is 0 Å². The Morgan fingerprint density at radius 1 is 1.28 bits per heavy atom. The summed E-state index contributed by atoms with van der Waals surface area (Å²) in [7, 11) is 0. The van der Waals surface area contributed by atoms with Gasteiger partial charge in [0.05, 0.1) is 0 Å². The van der Waals surface area contributed by atoms with Gasteiger partial charge in [0.1, 0.15) is 0 Å². The first-order chi connectivity index (χ1) is 8.79. The van der Waals surface area contributed by atoms with Gasteiger partial charge in [-0.25, -0.2) is 0 Å². The Morgan fingerprint density at radius 3 is 3.00 bits per heavy atom. The summed E-state index contributed by atoms with van der Waals surface area (Å²) >= 11 is 0. The molecule has 0 spiro atoms. The van der Waals surface area contributed by atoms with Crippen molar-refractivity contribution in [3.8, 4) is 0 Å². The molecular formula is C16H19NO. The predicted octanol–water partition coefficient (Wildman–Crippen LogP) is 4.33. The summed E-state index contributed by atoms with van der Waals surface area (Å²) in [5.74, 6) is 0.220. The number of nitrogens with one attached hydrogen (secondary N) is 1. The monoisotopic (exact) mass is 241 g/mol. The van der Waals surface area contributed by atoms with Gasteiger partial charge in [0.15, 0.2) is 5.78 Å². The highest BCUT2D eigenvalue weighted by Crippen LogP contribution is 2.15. The molecule has 18 heavy (non-hydrogen) atoms. The molecule has 1 aromatic carbocycles. The van der Waals surface area contributed by atoms with Crippen molar-refractivity contribution in [2.75, 3.05) is 0 Å². The molecule has 2 nitrogen and oxygen atoms in total. The summed E-state index contributed by atoms with van der Waals surface area (Å²) in [6.07, 6.45) is 9.47. The third-order valence-electron chi connectivity index (χ3n) is 3.07. The number of benzene rings is 1. The van der Waals surface area contributed by atoms with Gasteiger partial charge in [-0.05, 0) is 41.6 Å². The lowest BCUT2D eigenvalue weighted by Gasteiger charge is -1.96. The van der Waals surface area contributed by atoms with Crippen molar-refractivity contribution in [2.24, 2.45) is 0 Å². The Balaban J connectivity index is 1.97. The normalized spacial score (nSPS) is 11.4. The fourth-order valence-corrected chi connectivity index (χ4v) is 2.00. The van der Waals surface area contributed by atoms with E-state index in [1.54, 1.807) is 6.08 Å². The molecule has 0 aliphatic rings. The van der Waals surface area contributed by atoms with Crippen LogP contribution in [0.25, 0.3) is 17.0 Å². The number of aromatic nitrogens is 1. The lowest BCUT2D eigenvalue weighted by molar-refractivity contribution is -0.114. The summed E-state index contributed by atoms with van der Waals surface area (Å²) in [6.45, 7) is 2.15. The van der Waals surface area contributed by atoms with E-state index in [0.717, 1.165) is 30.3 Å². The zero-order valence-electron chi connectivity index (χ0n) is 10.8. The van der Waals surface area contributed by atoms with Gasteiger partial charge in [0.25, 0.3) is 0 Å². The highest BCUT2D eigenvalue weighted by Gasteiger charge is 1.97. The molecule has 1 N–H and O–H groups in total. The van der Waals surface area contributed by atoms with Crippen molar-refractivity contribution in [3.05, 3.63) is 42.1 Å². The van der Waals surface area contributed by atoms with Crippen molar-refractivity contribution in [1.29, 1.82) is 0 Å². The number of aromatic amines is 1. The lowest BCUT2D eigenvalue weighted by Crippen LogP contribution is -1.91. The van der Waals surface area contributed by atoms with Gasteiger partial charge in [-0.15, -0.1) is 0 Å². The summed E-state index contributed by atoms with van der Waals surface area (Å²) in [4.78, 5) is 14.8. The topological polar surface area (TPSA) is 32.9 Å². The minimum atomic E-state index is 0.220. The van der Waals surface area contributed by atoms with E-state index in [0.29, 0.717) is 6.42 Å². The Bertz CT molecular complexity index is 551. The van der Waals surface area contributed by atoms with Crippen LogP contribution in [0.15, 0.2) is 36.5 Å². The third kappa shape index (κ3) is 3.33. The third-order valence-corrected chi connectivity index (χ3v) is 3.07. The molecule has 0 unspecified atom stereocenters. The number of ketones is 1. The number of fused-ring (bicyclic) bond motifs is 1. The number of hydrogen-bond donors (Lipinski definition) is 1. The van der Waals surface area contributed by atoms with Crippen LogP contribution in [0.5, 0.6) is 0 Å². The molecule has 0 radical (unpaired) electrons. The smallest absolute Gasteiger partial charge is 0.155 e. The second kappa shape index (κ2) is 6.20. The van der Waals surface area contributed by atoms with Crippen LogP contribution in [-0.2, 0) is 4.79 Å². The largest absolute Gasteiger partial charge is 0.361 e. The Labute approximate surface area is 108 Å². The second-order valence-electron chi connectivity index (χ2n) is 4.58. The van der Waals surface area contributed by atoms with E-state index in [-0.39, 0.29) is 5.78 Å². The highest BCUT2D eigenvalue weighted by molar-refractivity contribution is 5.94. The van der Waals surface area contributed by atoms with Gasteiger partial charge in [-0.1, -0.05) is 31.9 Å². The SMILES string of the molecule is CCCCCC(=O)C=Cc1ccc2[nH]ccc2c1. The van der Waals surface area contributed by atoms with Crippen molar-refractivity contribution < 1.29 is 4.79 Å². The molecule has 0 saturated heterocycles. The molecule has 0 saturated carbocycles. The Hall–Kier alpha value is -1.83. The first kappa shape index (κ1) is 12.6. The number of H-pyrrole nitrogens is 1. The van der Waals surface area contributed by atoms with Crippen LogP contribution in [0.2, 0.25) is 0 Å². The van der Waals surface area contributed by atoms with Crippen LogP contribution in [-0.4, -0.2) is 10.8 Å². The molecule has 0 aliphatic heterocycles. The van der Waals surface area contributed by atoms with E-state index < -0.39 is 0 Å². The minimum Gasteiger partial charge on any atom is -0.361 e. The van der Waals surface area contributed by atoms with Gasteiger partial charge >= 0.3 is 0 Å². The maximum atomic E-state index is 11.6. The van der Waals surface area contributed by atoms with E-state index in [4.69, 9.17) is 0 Å². The zero-order valence-corrected chi connectivity index (χ0v) is 10.8. The van der Waals surface area contributed by atoms with Gasteiger partial charge in [0, 0.05) is 18.1 Å². The molecule has 0 atom stereocenters. The van der Waals surface area contributed by atoms with E-state index in [1.165, 1.54) is 5.39 Å². The molecule has 0 bridgehead atoms. The fourth-order valence-electron chi connectivity index (χ4n) is 2.00. The molecule has 2 heteroatoms. The number of carbonyl (C=O) groups excluding carboxylic acids is 1. The molecule has 0 fully saturated rings. The minimum absolute atomic E-state index is 0.220. The van der Waals surface area contributed by atoms with E-state index in [9.17, 15) is 4.79 Å². The Morgan fingerprint density at radius 2 is 2.17 bits per heavy atom. The fraction of sp³-hybridized carbons (Fsp3) is 0.312. The number of allylic oxidation sites excluding steroid dienone is 1. The maximum absolute atomic E-state index is 11.6. The number of rotatable bonds is 6. The lowest BCUT2D eigenvalue weighted by atomic mass is 10.1. The summed E-state index contributed by atoms with van der Waals surface area (Å²) in [5, 5.41) is 1.18. The molecule has 0 amide bonds. The molecule has 2 aromatic rings. The van der Waals surface area contributed by atoms with Crippen LogP contribution < -0.4 is 0 Å². The number of hydrogen-bond acceptors (Lipinski definition) is 1.